The Hall–Kier alpha value is -3.67. The number of nitrogens with zero attached hydrogens (tertiary/aromatic N) is 6. The number of ether oxygens (including phenoxy) is 2. The quantitative estimate of drug-likeness (QED) is 0.548. The van der Waals surface area contributed by atoms with Gasteiger partial charge in [0.1, 0.15) is 29.1 Å². The number of hydrogen-bond donors (Lipinski definition) is 0. The summed E-state index contributed by atoms with van der Waals surface area (Å²) in [4.78, 5) is 28.0. The number of hydrogen-bond acceptors (Lipinski definition) is 8. The van der Waals surface area contributed by atoms with Crippen LogP contribution in [-0.4, -0.2) is 44.3 Å². The molecule has 0 saturated carbocycles. The maximum absolute atomic E-state index is 12.6. The summed E-state index contributed by atoms with van der Waals surface area (Å²) >= 11 is 0. The Bertz CT molecular complexity index is 1260. The fourth-order valence-electron chi connectivity index (χ4n) is 4.44. The fourth-order valence-corrected chi connectivity index (χ4v) is 4.44. The van der Waals surface area contributed by atoms with Crippen molar-refractivity contribution in [3.63, 3.8) is 0 Å². The minimum atomic E-state index is -0.347. The lowest BCUT2D eigenvalue weighted by Crippen LogP contribution is -2.51. The van der Waals surface area contributed by atoms with Gasteiger partial charge in [0.05, 0.1) is 17.8 Å². The van der Waals surface area contributed by atoms with E-state index >= 15 is 0 Å². The van der Waals surface area contributed by atoms with Crippen LogP contribution in [0.2, 0.25) is 0 Å². The summed E-state index contributed by atoms with van der Waals surface area (Å²) in [5.41, 5.74) is 1.16. The number of aromatic nitrogens is 4. The van der Waals surface area contributed by atoms with E-state index in [0.717, 1.165) is 12.8 Å². The summed E-state index contributed by atoms with van der Waals surface area (Å²) in [7, 11) is 1.66. The second-order valence-corrected chi connectivity index (χ2v) is 9.01. The van der Waals surface area contributed by atoms with Crippen molar-refractivity contribution in [2.75, 3.05) is 11.4 Å². The zero-order valence-electron chi connectivity index (χ0n) is 20.2. The van der Waals surface area contributed by atoms with Gasteiger partial charge < -0.3 is 14.4 Å². The van der Waals surface area contributed by atoms with Gasteiger partial charge in [-0.25, -0.2) is 14.8 Å². The average Bonchev–Trinajstić information content (AvgIpc) is 2.82. The van der Waals surface area contributed by atoms with Crippen molar-refractivity contribution < 1.29 is 9.47 Å². The van der Waals surface area contributed by atoms with E-state index < -0.39 is 0 Å². The molecule has 1 saturated heterocycles. The van der Waals surface area contributed by atoms with E-state index in [-0.39, 0.29) is 29.9 Å². The van der Waals surface area contributed by atoms with Crippen molar-refractivity contribution >= 4 is 16.9 Å². The monoisotopic (exact) mass is 462 g/mol. The van der Waals surface area contributed by atoms with Crippen molar-refractivity contribution in [1.29, 1.82) is 5.26 Å². The number of nitriles is 1. The molecule has 1 fully saturated rings. The van der Waals surface area contributed by atoms with Crippen molar-refractivity contribution in [3.8, 4) is 17.7 Å². The molecule has 0 N–H and O–H groups in total. The molecule has 3 atom stereocenters. The van der Waals surface area contributed by atoms with Gasteiger partial charge in [-0.3, -0.25) is 4.57 Å². The third-order valence-corrected chi connectivity index (χ3v) is 6.26. The van der Waals surface area contributed by atoms with Crippen molar-refractivity contribution in [1.82, 2.24) is 19.5 Å². The lowest BCUT2D eigenvalue weighted by atomic mass is 9.88. The van der Waals surface area contributed by atoms with Crippen LogP contribution in [-0.2, 0) is 7.05 Å². The van der Waals surface area contributed by atoms with E-state index in [4.69, 9.17) is 9.47 Å². The summed E-state index contributed by atoms with van der Waals surface area (Å²) in [5, 5.41) is 9.34. The molecule has 0 radical (unpaired) electrons. The minimum absolute atomic E-state index is 0.0268. The van der Waals surface area contributed by atoms with E-state index in [1.54, 1.807) is 25.4 Å². The van der Waals surface area contributed by atoms with Gasteiger partial charge in [0, 0.05) is 38.0 Å². The lowest BCUT2D eigenvalue weighted by Gasteiger charge is -2.43. The van der Waals surface area contributed by atoms with Gasteiger partial charge in [0.15, 0.2) is 5.82 Å². The summed E-state index contributed by atoms with van der Waals surface area (Å²) in [6, 6.07) is 9.21. The van der Waals surface area contributed by atoms with E-state index in [0.29, 0.717) is 40.7 Å². The molecule has 4 rings (SSSR count). The van der Waals surface area contributed by atoms with Gasteiger partial charge in [-0.05, 0) is 45.4 Å². The number of aryl methyl sites for hydroxylation is 1. The Morgan fingerprint density at radius 2 is 2.03 bits per heavy atom. The van der Waals surface area contributed by atoms with E-state index in [1.807, 2.05) is 26.0 Å². The molecule has 0 aliphatic carbocycles. The summed E-state index contributed by atoms with van der Waals surface area (Å²) in [6.45, 7) is 8.83. The molecule has 0 spiro atoms. The van der Waals surface area contributed by atoms with Gasteiger partial charge >= 0.3 is 5.69 Å². The predicted molar refractivity (Wildman–Crippen MR) is 129 cm³/mol. The van der Waals surface area contributed by atoms with E-state index in [9.17, 15) is 10.1 Å². The second kappa shape index (κ2) is 9.67. The van der Waals surface area contributed by atoms with Gasteiger partial charge in [0.2, 0.25) is 5.88 Å². The molecule has 0 amide bonds. The number of piperidine rings is 1. The molecule has 178 valence electrons. The highest BCUT2D eigenvalue weighted by Gasteiger charge is 2.36. The van der Waals surface area contributed by atoms with Crippen molar-refractivity contribution in [2.24, 2.45) is 13.0 Å². The first kappa shape index (κ1) is 23.5. The van der Waals surface area contributed by atoms with Gasteiger partial charge in [0.25, 0.3) is 0 Å². The van der Waals surface area contributed by atoms with Gasteiger partial charge in [-0.2, -0.15) is 10.2 Å². The molecule has 3 aromatic rings. The molecule has 0 bridgehead atoms. The van der Waals surface area contributed by atoms with Crippen LogP contribution in [0, 0.1) is 17.2 Å². The van der Waals surface area contributed by atoms with E-state index in [1.165, 1.54) is 4.57 Å². The molecular formula is C25H30N6O3. The Kier molecular flexibility index (Phi) is 6.68. The van der Waals surface area contributed by atoms with Crippen LogP contribution in [0.4, 0.5) is 5.82 Å². The summed E-state index contributed by atoms with van der Waals surface area (Å²) in [6.07, 6.45) is 3.37. The molecular weight excluding hydrogens is 432 g/mol. The fraction of sp³-hybridized carbons (Fsp3) is 0.480. The third kappa shape index (κ3) is 4.67. The van der Waals surface area contributed by atoms with Crippen LogP contribution >= 0.6 is 0 Å². The highest BCUT2D eigenvalue weighted by atomic mass is 16.5. The zero-order chi connectivity index (χ0) is 24.4. The molecule has 1 unspecified atom stereocenters. The molecule has 3 aromatic heterocycles. The van der Waals surface area contributed by atoms with Crippen LogP contribution in [0.5, 0.6) is 11.6 Å². The molecule has 1 aliphatic heterocycles. The van der Waals surface area contributed by atoms with Crippen LogP contribution < -0.4 is 20.1 Å². The number of anilines is 1. The molecule has 34 heavy (non-hydrogen) atoms. The summed E-state index contributed by atoms with van der Waals surface area (Å²) in [5.74, 6) is 2.00. The van der Waals surface area contributed by atoms with Gasteiger partial charge in [-0.15, -0.1) is 0 Å². The normalized spacial score (nSPS) is 20.4. The van der Waals surface area contributed by atoms with Crippen LogP contribution in [0.1, 0.15) is 46.2 Å². The molecule has 4 heterocycles. The van der Waals surface area contributed by atoms with Crippen molar-refractivity contribution in [3.05, 3.63) is 46.6 Å². The molecule has 0 aromatic carbocycles. The van der Waals surface area contributed by atoms with Crippen LogP contribution in [0.3, 0.4) is 0 Å². The number of fused-ring (bicyclic) bond motifs is 1. The molecule has 9 heteroatoms. The predicted octanol–water partition coefficient (Wildman–Crippen LogP) is 3.45. The standard InChI is InChI=1S/C25H30N6O3/c1-6-17-14-31(24-23-20(30(5)25(32)29-24)9-7-18(12-26)28-23)16(4)11-21(17)34-22-10-8-19(13-27-22)33-15(2)3/h7-10,13,15-17,21H,6,11,14H2,1-5H3/t16-,17?,21+/m0/s1. The Morgan fingerprint density at radius 1 is 1.24 bits per heavy atom. The molecule has 9 nitrogen and oxygen atoms in total. The highest BCUT2D eigenvalue weighted by Crippen LogP contribution is 2.33. The zero-order valence-corrected chi connectivity index (χ0v) is 20.2. The second-order valence-electron chi connectivity index (χ2n) is 9.01. The number of pyridine rings is 2. The minimum Gasteiger partial charge on any atom is -0.489 e. The SMILES string of the molecule is CCC1CN(c2nc(=O)n(C)c3ccc(C#N)nc23)[C@@H](C)C[C@H]1Oc1ccc(OC(C)C)cn1. The molecule has 1 aliphatic rings. The van der Waals surface area contributed by atoms with Crippen molar-refractivity contribution in [2.45, 2.75) is 58.8 Å². The first-order valence-electron chi connectivity index (χ1n) is 11.6. The van der Waals surface area contributed by atoms with Crippen LogP contribution in [0.25, 0.3) is 11.0 Å². The van der Waals surface area contributed by atoms with Crippen LogP contribution in [0.15, 0.2) is 35.3 Å². The Labute approximate surface area is 199 Å². The van der Waals surface area contributed by atoms with E-state index in [2.05, 4.69) is 39.8 Å². The first-order chi connectivity index (χ1) is 16.3. The maximum Gasteiger partial charge on any atom is 0.349 e. The Morgan fingerprint density at radius 3 is 2.68 bits per heavy atom. The highest BCUT2D eigenvalue weighted by molar-refractivity contribution is 5.86. The topological polar surface area (TPSA) is 106 Å². The largest absolute Gasteiger partial charge is 0.489 e. The first-order valence-corrected chi connectivity index (χ1v) is 11.6. The Balaban J connectivity index is 1.61. The third-order valence-electron chi connectivity index (χ3n) is 6.26. The lowest BCUT2D eigenvalue weighted by molar-refractivity contribution is 0.0908. The number of rotatable bonds is 6. The summed E-state index contributed by atoms with van der Waals surface area (Å²) < 4.78 is 13.4. The smallest absolute Gasteiger partial charge is 0.349 e. The average molecular weight is 463 g/mol. The maximum atomic E-state index is 12.6. The van der Waals surface area contributed by atoms with Gasteiger partial charge in [-0.1, -0.05) is 6.92 Å².